The number of carbonyl (C=O) groups excluding carboxylic acids is 2. The monoisotopic (exact) mass is 547 g/mol. The first-order valence-electron chi connectivity index (χ1n) is 10.3. The number of pyridine rings is 1. The highest BCUT2D eigenvalue weighted by atomic mass is 79.9. The Morgan fingerprint density at radius 2 is 2.00 bits per heavy atom. The van der Waals surface area contributed by atoms with Gasteiger partial charge in [0.2, 0.25) is 0 Å². The molecule has 34 heavy (non-hydrogen) atoms. The minimum atomic E-state index is -0.900. The van der Waals surface area contributed by atoms with Gasteiger partial charge in [0.1, 0.15) is 23.4 Å². The van der Waals surface area contributed by atoms with Crippen LogP contribution in [0, 0.1) is 6.92 Å². The molecule has 2 unspecified atom stereocenters. The normalized spacial score (nSPS) is 15.7. The van der Waals surface area contributed by atoms with Crippen molar-refractivity contribution in [2.75, 3.05) is 7.11 Å². The third kappa shape index (κ3) is 4.17. The fourth-order valence-corrected chi connectivity index (χ4v) is 5.71. The number of carbonyl (C=O) groups is 2. The van der Waals surface area contributed by atoms with E-state index in [1.54, 1.807) is 25.3 Å². The molecular weight excluding hydrogens is 526 g/mol. The maximum absolute atomic E-state index is 12.5. The summed E-state index contributed by atoms with van der Waals surface area (Å²) in [5.41, 5.74) is 1.67. The number of hydrogen-bond donors (Lipinski definition) is 3. The molecule has 2 atom stereocenters. The molecule has 3 heterocycles. The molecule has 1 aromatic carbocycles. The smallest absolute Gasteiger partial charge is 0.306 e. The zero-order chi connectivity index (χ0) is 24.7. The molecule has 10 heteroatoms. The quantitative estimate of drug-likeness (QED) is 0.295. The maximum Gasteiger partial charge on any atom is 0.306 e. The number of nitrogens with zero attached hydrogens (tertiary/aromatic N) is 1. The number of phenols is 2. The van der Waals surface area contributed by atoms with E-state index >= 15 is 0 Å². The first-order chi connectivity index (χ1) is 16.1. The van der Waals surface area contributed by atoms with Crippen LogP contribution in [0.25, 0.3) is 0 Å². The van der Waals surface area contributed by atoms with Crippen LogP contribution in [0.5, 0.6) is 17.2 Å². The summed E-state index contributed by atoms with van der Waals surface area (Å²) in [4.78, 5) is 29.6. The van der Waals surface area contributed by atoms with Gasteiger partial charge in [-0.15, -0.1) is 11.3 Å². The Morgan fingerprint density at radius 3 is 2.62 bits per heavy atom. The largest absolute Gasteiger partial charge is 0.507 e. The molecule has 2 aromatic heterocycles. The molecule has 0 radical (unpaired) electrons. The number of aromatic nitrogens is 1. The van der Waals surface area contributed by atoms with E-state index in [0.29, 0.717) is 21.7 Å². The predicted octanol–water partition coefficient (Wildman–Crippen LogP) is 4.85. The van der Waals surface area contributed by atoms with Crippen LogP contribution in [0.2, 0.25) is 0 Å². The standard InChI is InChI=1S/C24H22BrNO7S/c1-10-21(29)19-12(8-26-10)9-33-24(19)15-6-13(11(2)27)22(30)20(23(15)31)14(7-18(28)32-3)16-4-5-17(25)34-16/h4-6,8,14,24,29-31H,7,9H2,1-3H3. The van der Waals surface area contributed by atoms with Crippen molar-refractivity contribution in [2.24, 2.45) is 0 Å². The van der Waals surface area contributed by atoms with Crippen LogP contribution in [0.4, 0.5) is 0 Å². The third-order valence-electron chi connectivity index (χ3n) is 5.91. The Labute approximate surface area is 207 Å². The van der Waals surface area contributed by atoms with Crippen LogP contribution in [0.3, 0.4) is 0 Å². The van der Waals surface area contributed by atoms with E-state index in [9.17, 15) is 24.9 Å². The third-order valence-corrected chi connectivity index (χ3v) is 7.65. The number of halogens is 1. The second-order valence-electron chi connectivity index (χ2n) is 7.98. The SMILES string of the molecule is COC(=O)CC(c1ccc(Br)s1)c1c(O)c(C(C)=O)cc(C2OCc3cnc(C)c(O)c32)c1O. The molecule has 0 saturated heterocycles. The fourth-order valence-electron chi connectivity index (χ4n) is 4.18. The predicted molar refractivity (Wildman–Crippen MR) is 128 cm³/mol. The summed E-state index contributed by atoms with van der Waals surface area (Å²) in [6, 6.07) is 4.92. The molecule has 0 bridgehead atoms. The second kappa shape index (κ2) is 9.36. The minimum absolute atomic E-state index is 0.0183. The number of ketones is 1. The van der Waals surface area contributed by atoms with Crippen molar-refractivity contribution in [1.82, 2.24) is 4.98 Å². The van der Waals surface area contributed by atoms with Gasteiger partial charge < -0.3 is 24.8 Å². The minimum Gasteiger partial charge on any atom is -0.507 e. The molecule has 178 valence electrons. The Balaban J connectivity index is 1.97. The molecule has 1 aliphatic rings. The Bertz CT molecular complexity index is 1300. The summed E-state index contributed by atoms with van der Waals surface area (Å²) in [7, 11) is 1.25. The van der Waals surface area contributed by atoms with E-state index in [1.807, 2.05) is 0 Å². The van der Waals surface area contributed by atoms with Crippen molar-refractivity contribution >= 4 is 39.0 Å². The van der Waals surface area contributed by atoms with Crippen LogP contribution in [-0.4, -0.2) is 39.2 Å². The number of aryl methyl sites for hydroxylation is 1. The number of rotatable bonds is 6. The van der Waals surface area contributed by atoms with Crippen molar-refractivity contribution in [1.29, 1.82) is 0 Å². The molecule has 3 N–H and O–H groups in total. The van der Waals surface area contributed by atoms with Gasteiger partial charge in [0.05, 0.1) is 35.2 Å². The lowest BCUT2D eigenvalue weighted by Gasteiger charge is -2.23. The summed E-state index contributed by atoms with van der Waals surface area (Å²) in [6.07, 6.45) is 0.516. The lowest BCUT2D eigenvalue weighted by atomic mass is 9.85. The molecule has 0 spiro atoms. The maximum atomic E-state index is 12.5. The van der Waals surface area contributed by atoms with Gasteiger partial charge in [0.25, 0.3) is 0 Å². The van der Waals surface area contributed by atoms with Gasteiger partial charge in [0, 0.05) is 39.2 Å². The number of methoxy groups -OCH3 is 1. The van der Waals surface area contributed by atoms with E-state index in [1.165, 1.54) is 31.4 Å². The Morgan fingerprint density at radius 1 is 1.26 bits per heavy atom. The molecule has 0 amide bonds. The highest BCUT2D eigenvalue weighted by Gasteiger charge is 2.36. The highest BCUT2D eigenvalue weighted by Crippen LogP contribution is 2.51. The molecule has 0 fully saturated rings. The number of esters is 1. The van der Waals surface area contributed by atoms with Gasteiger partial charge in [-0.2, -0.15) is 0 Å². The van der Waals surface area contributed by atoms with Crippen LogP contribution in [0.1, 0.15) is 68.5 Å². The van der Waals surface area contributed by atoms with Crippen LogP contribution in [0.15, 0.2) is 28.2 Å². The highest BCUT2D eigenvalue weighted by molar-refractivity contribution is 9.11. The van der Waals surface area contributed by atoms with E-state index in [2.05, 4.69) is 20.9 Å². The van der Waals surface area contributed by atoms with Crippen molar-refractivity contribution < 1.29 is 34.4 Å². The first kappa shape index (κ1) is 24.2. The van der Waals surface area contributed by atoms with Crippen LogP contribution in [-0.2, 0) is 20.9 Å². The summed E-state index contributed by atoms with van der Waals surface area (Å²) in [6.45, 7) is 3.09. The summed E-state index contributed by atoms with van der Waals surface area (Å²) in [5.74, 6) is -2.59. The second-order valence-corrected chi connectivity index (χ2v) is 10.5. The van der Waals surface area contributed by atoms with Gasteiger partial charge in [0.15, 0.2) is 5.78 Å². The summed E-state index contributed by atoms with van der Waals surface area (Å²) < 4.78 is 11.5. The van der Waals surface area contributed by atoms with Crippen molar-refractivity contribution in [3.05, 3.63) is 66.6 Å². The Kier molecular flexibility index (Phi) is 6.66. The number of hydrogen-bond acceptors (Lipinski definition) is 9. The fraction of sp³-hybridized carbons (Fsp3) is 0.292. The number of aromatic hydroxyl groups is 3. The van der Waals surface area contributed by atoms with E-state index < -0.39 is 29.5 Å². The van der Waals surface area contributed by atoms with Crippen molar-refractivity contribution in [2.45, 2.75) is 38.9 Å². The van der Waals surface area contributed by atoms with E-state index in [0.717, 1.165) is 3.79 Å². The Hall–Kier alpha value is -2.95. The number of benzene rings is 1. The van der Waals surface area contributed by atoms with Gasteiger partial charge in [-0.3, -0.25) is 14.6 Å². The number of Topliss-reactive ketones (excluding diaryl/α,β-unsaturated/α-hetero) is 1. The van der Waals surface area contributed by atoms with Crippen LogP contribution >= 0.6 is 27.3 Å². The molecule has 0 aliphatic carbocycles. The summed E-state index contributed by atoms with van der Waals surface area (Å²) >= 11 is 4.73. The van der Waals surface area contributed by atoms with E-state index in [4.69, 9.17) is 9.47 Å². The van der Waals surface area contributed by atoms with E-state index in [-0.39, 0.29) is 41.2 Å². The topological polar surface area (TPSA) is 126 Å². The van der Waals surface area contributed by atoms with Gasteiger partial charge >= 0.3 is 5.97 Å². The number of ether oxygens (including phenoxy) is 2. The van der Waals surface area contributed by atoms with Crippen LogP contribution < -0.4 is 0 Å². The average molecular weight is 548 g/mol. The molecular formula is C24H22BrNO7S. The van der Waals surface area contributed by atoms with Gasteiger partial charge in [-0.25, -0.2) is 0 Å². The molecule has 1 aliphatic heterocycles. The molecule has 4 rings (SSSR count). The molecule has 3 aromatic rings. The lowest BCUT2D eigenvalue weighted by Crippen LogP contribution is -2.13. The number of thiophene rings is 1. The molecule has 0 saturated carbocycles. The summed E-state index contributed by atoms with van der Waals surface area (Å²) in [5, 5.41) is 33.2. The van der Waals surface area contributed by atoms with Gasteiger partial charge in [-0.05, 0) is 48.0 Å². The number of fused-ring (bicyclic) bond motifs is 1. The van der Waals surface area contributed by atoms with Crippen molar-refractivity contribution in [3.8, 4) is 17.2 Å². The molecule has 8 nitrogen and oxygen atoms in total. The van der Waals surface area contributed by atoms with Gasteiger partial charge in [-0.1, -0.05) is 0 Å². The first-order valence-corrected chi connectivity index (χ1v) is 12.0. The zero-order valence-corrected chi connectivity index (χ0v) is 21.0. The lowest BCUT2D eigenvalue weighted by molar-refractivity contribution is -0.140. The van der Waals surface area contributed by atoms with Crippen molar-refractivity contribution in [3.63, 3.8) is 0 Å². The zero-order valence-electron chi connectivity index (χ0n) is 18.6. The average Bonchev–Trinajstić information content (AvgIpc) is 3.42. The number of phenolic OH excluding ortho intramolecular Hbond substituents is 2.